The van der Waals surface area contributed by atoms with Crippen LogP contribution in [0, 0.1) is 11.6 Å². The molecule has 0 aromatic heterocycles. The van der Waals surface area contributed by atoms with E-state index in [9.17, 15) is 18.7 Å². The van der Waals surface area contributed by atoms with Crippen molar-refractivity contribution in [2.45, 2.75) is 44.2 Å². The van der Waals surface area contributed by atoms with E-state index in [0.717, 1.165) is 6.07 Å². The highest BCUT2D eigenvalue weighted by Crippen LogP contribution is 2.27. The molecule has 8 heteroatoms. The molecule has 0 spiro atoms. The van der Waals surface area contributed by atoms with E-state index in [2.05, 4.69) is 15.6 Å². The van der Waals surface area contributed by atoms with Gasteiger partial charge in [-0.15, -0.1) is 0 Å². The molecule has 1 aliphatic heterocycles. The lowest BCUT2D eigenvalue weighted by Crippen LogP contribution is -2.45. The third-order valence-corrected chi connectivity index (χ3v) is 4.33. The van der Waals surface area contributed by atoms with E-state index >= 15 is 0 Å². The van der Waals surface area contributed by atoms with Gasteiger partial charge in [0.15, 0.2) is 11.6 Å². The second-order valence-corrected chi connectivity index (χ2v) is 6.09. The molecule has 1 amide bonds. The summed E-state index contributed by atoms with van der Waals surface area (Å²) in [6, 6.07) is 3.48. The van der Waals surface area contributed by atoms with Crippen molar-refractivity contribution in [2.75, 3.05) is 13.1 Å². The number of halogens is 2. The Morgan fingerprint density at radius 3 is 2.88 bits per heavy atom. The van der Waals surface area contributed by atoms with E-state index in [1.54, 1.807) is 0 Å². The van der Waals surface area contributed by atoms with Crippen LogP contribution in [0.4, 0.5) is 13.6 Å². The minimum absolute atomic E-state index is 0.148. The van der Waals surface area contributed by atoms with Gasteiger partial charge in [0.25, 0.3) is 0 Å². The van der Waals surface area contributed by atoms with Gasteiger partial charge < -0.3 is 20.8 Å². The highest BCUT2D eigenvalue weighted by Gasteiger charge is 2.27. The first-order valence-corrected chi connectivity index (χ1v) is 8.32. The topological polar surface area (TPSA) is 94.0 Å². The molecule has 1 aliphatic rings. The van der Waals surface area contributed by atoms with Crippen molar-refractivity contribution >= 4 is 11.9 Å². The van der Waals surface area contributed by atoms with Gasteiger partial charge in [-0.1, -0.05) is 19.1 Å². The van der Waals surface area contributed by atoms with Crippen LogP contribution in [0.2, 0.25) is 0 Å². The van der Waals surface area contributed by atoms with Crippen molar-refractivity contribution in [3.63, 3.8) is 0 Å². The molecule has 2 rings (SSSR count). The molecule has 138 valence electrons. The summed E-state index contributed by atoms with van der Waals surface area (Å²) in [5.41, 5.74) is 0.261. The van der Waals surface area contributed by atoms with Crippen LogP contribution in [0.25, 0.3) is 0 Å². The van der Waals surface area contributed by atoms with E-state index in [1.165, 1.54) is 12.1 Å². The number of aliphatic hydroxyl groups excluding tert-OH is 1. The molecular weight excluding hydrogens is 332 g/mol. The number of amidine groups is 1. The van der Waals surface area contributed by atoms with Gasteiger partial charge in [0.1, 0.15) is 5.84 Å². The molecule has 6 nitrogen and oxygen atoms in total. The predicted molar refractivity (Wildman–Crippen MR) is 89.9 cm³/mol. The van der Waals surface area contributed by atoms with E-state index in [4.69, 9.17) is 5.11 Å². The number of amides is 1. The van der Waals surface area contributed by atoms with Crippen LogP contribution < -0.4 is 10.6 Å². The second kappa shape index (κ2) is 8.75. The molecule has 1 aromatic rings. The summed E-state index contributed by atoms with van der Waals surface area (Å²) in [6.07, 6.45) is -0.412. The predicted octanol–water partition coefficient (Wildman–Crippen LogP) is 2.24. The van der Waals surface area contributed by atoms with Crippen molar-refractivity contribution in [2.24, 2.45) is 4.99 Å². The summed E-state index contributed by atoms with van der Waals surface area (Å²) in [6.45, 7) is 2.27. The number of nitrogens with one attached hydrogen (secondary N) is 2. The SMILES string of the molecule is CCC(O)C/N=C1/NC[C@H](c2cccc(F)c2F)CC[C@H]1NC(=O)O. The van der Waals surface area contributed by atoms with Crippen LogP contribution >= 0.6 is 0 Å². The number of carboxylic acid groups (broad SMARTS) is 1. The third kappa shape index (κ3) is 5.12. The van der Waals surface area contributed by atoms with Crippen LogP contribution in [0.3, 0.4) is 0 Å². The van der Waals surface area contributed by atoms with Crippen LogP contribution in [0.1, 0.15) is 37.7 Å². The highest BCUT2D eigenvalue weighted by molar-refractivity contribution is 5.90. The molecule has 0 aliphatic carbocycles. The Bertz CT molecular complexity index is 640. The molecule has 1 heterocycles. The Labute approximate surface area is 145 Å². The number of hydrogen-bond donors (Lipinski definition) is 4. The van der Waals surface area contributed by atoms with Crippen molar-refractivity contribution in [1.82, 2.24) is 10.6 Å². The number of aliphatic imine (C=N–C) groups is 1. The molecule has 0 bridgehead atoms. The quantitative estimate of drug-likeness (QED) is 0.652. The molecule has 4 N–H and O–H groups in total. The van der Waals surface area contributed by atoms with Crippen molar-refractivity contribution < 1.29 is 23.8 Å². The zero-order valence-electron chi connectivity index (χ0n) is 14.0. The van der Waals surface area contributed by atoms with Gasteiger partial charge in [0.2, 0.25) is 0 Å². The summed E-state index contributed by atoms with van der Waals surface area (Å²) < 4.78 is 27.5. The molecule has 25 heavy (non-hydrogen) atoms. The number of hydrogen-bond acceptors (Lipinski definition) is 3. The average molecular weight is 355 g/mol. The summed E-state index contributed by atoms with van der Waals surface area (Å²) >= 11 is 0. The summed E-state index contributed by atoms with van der Waals surface area (Å²) in [7, 11) is 0. The molecule has 3 atom stereocenters. The second-order valence-electron chi connectivity index (χ2n) is 6.09. The summed E-state index contributed by atoms with van der Waals surface area (Å²) in [4.78, 5) is 15.3. The average Bonchev–Trinajstić information content (AvgIpc) is 2.77. The first-order valence-electron chi connectivity index (χ1n) is 8.32. The number of benzene rings is 1. The Kier molecular flexibility index (Phi) is 6.69. The van der Waals surface area contributed by atoms with Gasteiger partial charge in [0.05, 0.1) is 18.7 Å². The van der Waals surface area contributed by atoms with Crippen LogP contribution in [0.15, 0.2) is 23.2 Å². The minimum Gasteiger partial charge on any atom is -0.465 e. The van der Waals surface area contributed by atoms with Crippen molar-refractivity contribution in [3.05, 3.63) is 35.4 Å². The van der Waals surface area contributed by atoms with E-state index in [1.807, 2.05) is 6.92 Å². The molecule has 1 aromatic carbocycles. The number of rotatable bonds is 5. The zero-order chi connectivity index (χ0) is 18.4. The maximum Gasteiger partial charge on any atom is 0.405 e. The Hall–Kier alpha value is -2.22. The van der Waals surface area contributed by atoms with E-state index in [-0.39, 0.29) is 18.0 Å². The maximum absolute atomic E-state index is 14.0. The Balaban J connectivity index is 2.19. The van der Waals surface area contributed by atoms with Crippen LogP contribution in [-0.2, 0) is 0 Å². The van der Waals surface area contributed by atoms with Gasteiger partial charge in [-0.2, -0.15) is 0 Å². The Morgan fingerprint density at radius 1 is 1.44 bits per heavy atom. The molecule has 0 radical (unpaired) electrons. The standard InChI is InChI=1S/C17H23F2N3O3/c1-2-11(23)9-21-16-14(22-17(24)25)7-6-10(8-20-16)12-4-3-5-13(18)15(12)19/h3-5,10-11,14,22-23H,2,6-9H2,1H3,(H,20,21)(H,24,25)/t10-,11?,14-/m1/s1. The molecule has 0 saturated carbocycles. The minimum atomic E-state index is -1.19. The smallest absolute Gasteiger partial charge is 0.405 e. The number of aliphatic hydroxyl groups is 1. The number of nitrogens with zero attached hydrogens (tertiary/aromatic N) is 1. The van der Waals surface area contributed by atoms with Gasteiger partial charge >= 0.3 is 6.09 Å². The van der Waals surface area contributed by atoms with Crippen LogP contribution in [0.5, 0.6) is 0 Å². The number of carbonyl (C=O) groups is 1. The lowest BCUT2D eigenvalue weighted by molar-refractivity contribution is 0.179. The largest absolute Gasteiger partial charge is 0.465 e. The van der Waals surface area contributed by atoms with Crippen molar-refractivity contribution in [3.8, 4) is 0 Å². The third-order valence-electron chi connectivity index (χ3n) is 4.33. The maximum atomic E-state index is 14.0. The Morgan fingerprint density at radius 2 is 2.20 bits per heavy atom. The lowest BCUT2D eigenvalue weighted by atomic mass is 9.93. The van der Waals surface area contributed by atoms with Gasteiger partial charge in [-0.05, 0) is 30.9 Å². The molecule has 1 fully saturated rings. The normalized spacial score (nSPS) is 23.6. The fraction of sp³-hybridized carbons (Fsp3) is 0.529. The first kappa shape index (κ1) is 19.1. The fourth-order valence-corrected chi connectivity index (χ4v) is 2.85. The van der Waals surface area contributed by atoms with Gasteiger partial charge in [0, 0.05) is 12.5 Å². The zero-order valence-corrected chi connectivity index (χ0v) is 14.0. The summed E-state index contributed by atoms with van der Waals surface area (Å²) in [5.74, 6) is -1.67. The lowest BCUT2D eigenvalue weighted by Gasteiger charge is -2.18. The van der Waals surface area contributed by atoms with E-state index < -0.39 is 29.9 Å². The van der Waals surface area contributed by atoms with Gasteiger partial charge in [-0.3, -0.25) is 4.99 Å². The van der Waals surface area contributed by atoms with Gasteiger partial charge in [-0.25, -0.2) is 13.6 Å². The highest BCUT2D eigenvalue weighted by atomic mass is 19.2. The van der Waals surface area contributed by atoms with Crippen LogP contribution in [-0.4, -0.2) is 47.4 Å². The summed E-state index contributed by atoms with van der Waals surface area (Å²) in [5, 5.41) is 24.1. The first-order chi connectivity index (χ1) is 11.9. The monoisotopic (exact) mass is 355 g/mol. The molecule has 1 saturated heterocycles. The van der Waals surface area contributed by atoms with E-state index in [0.29, 0.717) is 31.6 Å². The molecular formula is C17H23F2N3O3. The fourth-order valence-electron chi connectivity index (χ4n) is 2.85. The molecule has 1 unspecified atom stereocenters. The van der Waals surface area contributed by atoms with Crippen molar-refractivity contribution in [1.29, 1.82) is 0 Å².